The molecule has 5 nitrogen and oxygen atoms in total. The summed E-state index contributed by atoms with van der Waals surface area (Å²) in [5.41, 5.74) is 0.343. The van der Waals surface area contributed by atoms with Gasteiger partial charge in [0.15, 0.2) is 0 Å². The average molecular weight is 500 g/mol. The van der Waals surface area contributed by atoms with Crippen LogP contribution in [-0.2, 0) is 17.4 Å². The van der Waals surface area contributed by atoms with Gasteiger partial charge in [-0.15, -0.1) is 0 Å². The quantitative estimate of drug-likeness (QED) is 0.541. The molecule has 0 aromatic heterocycles. The number of rotatable bonds is 4. The van der Waals surface area contributed by atoms with Crippen molar-refractivity contribution in [1.29, 1.82) is 0 Å². The Morgan fingerprint density at radius 3 is 2.61 bits per heavy atom. The summed E-state index contributed by atoms with van der Waals surface area (Å²) in [4.78, 5) is 28.1. The van der Waals surface area contributed by atoms with Crippen molar-refractivity contribution in [2.75, 3.05) is 11.9 Å². The average Bonchev–Trinajstić information content (AvgIpc) is 3.21. The number of urea groups is 1. The Labute approximate surface area is 209 Å². The number of hydrogen-bond acceptors (Lipinski definition) is 2. The van der Waals surface area contributed by atoms with Gasteiger partial charge in [0.1, 0.15) is 0 Å². The molecule has 2 heterocycles. The van der Waals surface area contributed by atoms with Gasteiger partial charge in [-0.05, 0) is 80.5 Å². The standard InChI is InChI=1S/C28H32F3N3O2/c29-28(30,31)20-9-4-10-21(18-20)32-26(36)33-24-13-15-27-14-6-16-34(27)25(35)12-5-11-23(27)22(24)17-19-7-2-1-3-8-19/h1-4,7-10,18,22-24H,5-6,11-17H2,(H2,32,33,36)/t22?,23-,24-,27+/m0/s1. The van der Waals surface area contributed by atoms with Gasteiger partial charge in [-0.1, -0.05) is 36.4 Å². The fourth-order valence-electron chi connectivity index (χ4n) is 6.95. The summed E-state index contributed by atoms with van der Waals surface area (Å²) in [5.74, 6) is 0.640. The minimum Gasteiger partial charge on any atom is -0.337 e. The van der Waals surface area contributed by atoms with Crippen LogP contribution in [0.25, 0.3) is 0 Å². The Bertz CT molecular complexity index is 1110. The molecule has 0 bridgehead atoms. The lowest BCUT2D eigenvalue weighted by atomic mass is 9.61. The molecule has 1 unspecified atom stereocenters. The van der Waals surface area contributed by atoms with Gasteiger partial charge in [-0.3, -0.25) is 4.79 Å². The summed E-state index contributed by atoms with van der Waals surface area (Å²) >= 11 is 0. The highest BCUT2D eigenvalue weighted by Crippen LogP contribution is 2.52. The Morgan fingerprint density at radius 2 is 1.83 bits per heavy atom. The van der Waals surface area contributed by atoms with Crippen LogP contribution in [0.4, 0.5) is 23.7 Å². The van der Waals surface area contributed by atoms with E-state index < -0.39 is 17.8 Å². The topological polar surface area (TPSA) is 61.4 Å². The highest BCUT2D eigenvalue weighted by atomic mass is 19.4. The summed E-state index contributed by atoms with van der Waals surface area (Å²) in [5, 5.41) is 5.71. The SMILES string of the molecule is O=C(Nc1cccc(C(F)(F)F)c1)N[C@H]1CC[C@@]23CCCN2C(=O)CCC[C@H]3C1Cc1ccccc1. The zero-order valence-corrected chi connectivity index (χ0v) is 20.2. The lowest BCUT2D eigenvalue weighted by molar-refractivity contribution is -0.139. The van der Waals surface area contributed by atoms with Crippen molar-refractivity contribution in [3.8, 4) is 0 Å². The third kappa shape index (κ3) is 4.82. The predicted octanol–water partition coefficient (Wildman–Crippen LogP) is 6.01. The predicted molar refractivity (Wildman–Crippen MR) is 131 cm³/mol. The number of hydrogen-bond donors (Lipinski definition) is 2. The summed E-state index contributed by atoms with van der Waals surface area (Å²) in [6, 6.07) is 14.2. The lowest BCUT2D eigenvalue weighted by Gasteiger charge is -2.53. The summed E-state index contributed by atoms with van der Waals surface area (Å²) in [6.07, 6.45) is 2.23. The largest absolute Gasteiger partial charge is 0.416 e. The van der Waals surface area contributed by atoms with Crippen molar-refractivity contribution >= 4 is 17.6 Å². The van der Waals surface area contributed by atoms with Crippen LogP contribution in [0.5, 0.6) is 0 Å². The number of anilines is 1. The van der Waals surface area contributed by atoms with Crippen LogP contribution in [0.2, 0.25) is 0 Å². The van der Waals surface area contributed by atoms with Crippen LogP contribution in [0.15, 0.2) is 54.6 Å². The van der Waals surface area contributed by atoms with Crippen LogP contribution < -0.4 is 10.6 Å². The molecule has 2 saturated heterocycles. The minimum absolute atomic E-state index is 0.108. The number of carbonyl (C=O) groups excluding carboxylic acids is 2. The fourth-order valence-corrected chi connectivity index (χ4v) is 6.95. The first-order valence-electron chi connectivity index (χ1n) is 12.9. The van der Waals surface area contributed by atoms with E-state index in [0.29, 0.717) is 6.42 Å². The number of carbonyl (C=O) groups is 2. The van der Waals surface area contributed by atoms with Gasteiger partial charge < -0.3 is 15.5 Å². The van der Waals surface area contributed by atoms with Gasteiger partial charge in [0.05, 0.1) is 5.56 Å². The molecule has 3 amide bonds. The van der Waals surface area contributed by atoms with E-state index in [1.165, 1.54) is 17.7 Å². The zero-order valence-electron chi connectivity index (χ0n) is 20.2. The molecule has 2 aromatic carbocycles. The molecule has 36 heavy (non-hydrogen) atoms. The highest BCUT2D eigenvalue weighted by Gasteiger charge is 2.56. The first-order chi connectivity index (χ1) is 17.3. The lowest BCUT2D eigenvalue weighted by Crippen LogP contribution is -2.61. The maximum atomic E-state index is 13.1. The molecule has 0 radical (unpaired) electrons. The zero-order chi connectivity index (χ0) is 25.3. The molecule has 5 rings (SSSR count). The summed E-state index contributed by atoms with van der Waals surface area (Å²) < 4.78 is 39.3. The van der Waals surface area contributed by atoms with Crippen molar-refractivity contribution in [2.45, 2.75) is 69.1 Å². The molecule has 1 spiro atoms. The second kappa shape index (κ2) is 9.79. The van der Waals surface area contributed by atoms with Gasteiger partial charge in [-0.25, -0.2) is 4.79 Å². The number of amides is 3. The van der Waals surface area contributed by atoms with E-state index in [0.717, 1.165) is 63.6 Å². The molecule has 4 atom stereocenters. The monoisotopic (exact) mass is 499 g/mol. The Kier molecular flexibility index (Phi) is 6.70. The van der Waals surface area contributed by atoms with Crippen LogP contribution in [0, 0.1) is 11.8 Å². The molecule has 192 valence electrons. The third-order valence-electron chi connectivity index (χ3n) is 8.43. The van der Waals surface area contributed by atoms with Crippen LogP contribution in [0.3, 0.4) is 0 Å². The van der Waals surface area contributed by atoms with Gasteiger partial charge in [0.25, 0.3) is 0 Å². The van der Waals surface area contributed by atoms with Gasteiger partial charge >= 0.3 is 12.2 Å². The normalized spacial score (nSPS) is 28.1. The molecular formula is C28H32F3N3O2. The van der Waals surface area contributed by atoms with Gasteiger partial charge in [-0.2, -0.15) is 13.2 Å². The number of halogens is 3. The van der Waals surface area contributed by atoms with E-state index in [2.05, 4.69) is 27.7 Å². The van der Waals surface area contributed by atoms with Crippen molar-refractivity contribution < 1.29 is 22.8 Å². The van der Waals surface area contributed by atoms with Crippen molar-refractivity contribution in [1.82, 2.24) is 10.2 Å². The molecular weight excluding hydrogens is 467 g/mol. The molecule has 1 saturated carbocycles. The molecule has 2 N–H and O–H groups in total. The fraction of sp³-hybridized carbons (Fsp3) is 0.500. The third-order valence-corrected chi connectivity index (χ3v) is 8.43. The first-order valence-corrected chi connectivity index (χ1v) is 12.9. The number of benzene rings is 2. The molecule has 3 fully saturated rings. The van der Waals surface area contributed by atoms with Crippen LogP contribution in [0.1, 0.15) is 56.1 Å². The second-order valence-electron chi connectivity index (χ2n) is 10.4. The van der Waals surface area contributed by atoms with Crippen molar-refractivity contribution in [2.24, 2.45) is 11.8 Å². The van der Waals surface area contributed by atoms with E-state index in [4.69, 9.17) is 0 Å². The van der Waals surface area contributed by atoms with E-state index in [9.17, 15) is 22.8 Å². The van der Waals surface area contributed by atoms with E-state index in [-0.39, 0.29) is 35.0 Å². The molecule has 3 aliphatic rings. The Morgan fingerprint density at radius 1 is 1.03 bits per heavy atom. The maximum absolute atomic E-state index is 13.1. The summed E-state index contributed by atoms with van der Waals surface area (Å²) in [6.45, 7) is 0.807. The van der Waals surface area contributed by atoms with Crippen LogP contribution in [-0.4, -0.2) is 35.0 Å². The number of alkyl halides is 3. The summed E-state index contributed by atoms with van der Waals surface area (Å²) in [7, 11) is 0. The molecule has 1 aliphatic carbocycles. The molecule has 2 aliphatic heterocycles. The second-order valence-corrected chi connectivity index (χ2v) is 10.4. The maximum Gasteiger partial charge on any atom is 0.416 e. The van der Waals surface area contributed by atoms with Crippen molar-refractivity contribution in [3.05, 3.63) is 65.7 Å². The van der Waals surface area contributed by atoms with Gasteiger partial charge in [0.2, 0.25) is 5.91 Å². The van der Waals surface area contributed by atoms with E-state index in [1.54, 1.807) is 0 Å². The molecule has 8 heteroatoms. The van der Waals surface area contributed by atoms with Crippen molar-refractivity contribution in [3.63, 3.8) is 0 Å². The number of nitrogens with zero attached hydrogens (tertiary/aromatic N) is 1. The molecule has 2 aromatic rings. The van der Waals surface area contributed by atoms with Gasteiger partial charge in [0, 0.05) is 30.2 Å². The Balaban J connectivity index is 1.39. The van der Waals surface area contributed by atoms with E-state index in [1.807, 2.05) is 18.2 Å². The number of nitrogens with one attached hydrogen (secondary N) is 2. The minimum atomic E-state index is -4.48. The first kappa shape index (κ1) is 24.7. The van der Waals surface area contributed by atoms with Crippen LogP contribution >= 0.6 is 0 Å². The smallest absolute Gasteiger partial charge is 0.337 e. The highest BCUT2D eigenvalue weighted by molar-refractivity contribution is 5.89. The van der Waals surface area contributed by atoms with E-state index >= 15 is 0 Å². The Hall–Kier alpha value is -3.03.